The Morgan fingerprint density at radius 3 is 2.56 bits per heavy atom. The topological polar surface area (TPSA) is 64.3 Å². The maximum absolute atomic E-state index is 11.8. The quantitative estimate of drug-likeness (QED) is 0.735. The van der Waals surface area contributed by atoms with E-state index < -0.39 is 0 Å². The van der Waals surface area contributed by atoms with E-state index in [2.05, 4.69) is 5.32 Å². The van der Waals surface area contributed by atoms with Crippen molar-refractivity contribution in [3.8, 4) is 0 Å². The molecule has 0 heterocycles. The summed E-state index contributed by atoms with van der Waals surface area (Å²) in [5, 5.41) is 2.94. The van der Waals surface area contributed by atoms with Crippen molar-refractivity contribution < 1.29 is 9.53 Å². The molecule has 0 aromatic carbocycles. The average molecular weight is 228 g/mol. The molecule has 1 amide bonds. The minimum Gasteiger partial charge on any atom is -0.380 e. The van der Waals surface area contributed by atoms with E-state index in [1.807, 2.05) is 6.92 Å². The Balaban J connectivity index is 2.22. The molecule has 94 valence electrons. The molecule has 1 rings (SSSR count). The number of nitrogens with two attached hydrogens (primary N) is 1. The van der Waals surface area contributed by atoms with Crippen LogP contribution >= 0.6 is 0 Å². The molecule has 0 spiro atoms. The highest BCUT2D eigenvalue weighted by Gasteiger charge is 2.25. The Morgan fingerprint density at radius 1 is 1.44 bits per heavy atom. The maximum atomic E-state index is 11.8. The molecule has 0 bridgehead atoms. The monoisotopic (exact) mass is 228 g/mol. The summed E-state index contributed by atoms with van der Waals surface area (Å²) in [6, 6.07) is 0. The Bertz CT molecular complexity index is 213. The van der Waals surface area contributed by atoms with E-state index >= 15 is 0 Å². The van der Waals surface area contributed by atoms with Crippen LogP contribution in [0.1, 0.15) is 32.6 Å². The van der Waals surface area contributed by atoms with E-state index in [4.69, 9.17) is 10.5 Å². The normalized spacial score (nSPS) is 27.4. The minimum absolute atomic E-state index is 0.0873. The van der Waals surface area contributed by atoms with Gasteiger partial charge in [0, 0.05) is 19.6 Å². The van der Waals surface area contributed by atoms with Gasteiger partial charge >= 0.3 is 0 Å². The molecule has 1 unspecified atom stereocenters. The lowest BCUT2D eigenvalue weighted by Crippen LogP contribution is -2.38. The van der Waals surface area contributed by atoms with Gasteiger partial charge < -0.3 is 15.8 Å². The third-order valence-electron chi connectivity index (χ3n) is 3.52. The molecule has 1 fully saturated rings. The summed E-state index contributed by atoms with van der Waals surface area (Å²) in [5.74, 6) is 0.994. The molecule has 1 aliphatic rings. The van der Waals surface area contributed by atoms with Crippen molar-refractivity contribution in [2.75, 3.05) is 20.2 Å². The molecule has 0 aromatic heterocycles. The van der Waals surface area contributed by atoms with Crippen molar-refractivity contribution in [2.24, 2.45) is 17.6 Å². The number of hydrogen-bond acceptors (Lipinski definition) is 3. The first kappa shape index (κ1) is 13.5. The minimum atomic E-state index is 0.0873. The second-order valence-corrected chi connectivity index (χ2v) is 4.74. The Hall–Kier alpha value is -0.610. The third-order valence-corrected chi connectivity index (χ3v) is 3.52. The van der Waals surface area contributed by atoms with E-state index in [0.29, 0.717) is 12.5 Å². The van der Waals surface area contributed by atoms with Gasteiger partial charge in [-0.15, -0.1) is 0 Å². The molecule has 4 nitrogen and oxygen atoms in total. The first-order valence-electron chi connectivity index (χ1n) is 6.18. The lowest BCUT2D eigenvalue weighted by molar-refractivity contribution is -0.126. The van der Waals surface area contributed by atoms with Gasteiger partial charge in [-0.3, -0.25) is 4.79 Å². The molecule has 3 N–H and O–H groups in total. The summed E-state index contributed by atoms with van der Waals surface area (Å²) < 4.78 is 5.09. The van der Waals surface area contributed by atoms with Crippen molar-refractivity contribution in [1.29, 1.82) is 0 Å². The van der Waals surface area contributed by atoms with Gasteiger partial charge in [-0.05, 0) is 45.1 Å². The molecular formula is C12H24N2O2. The van der Waals surface area contributed by atoms with Crippen molar-refractivity contribution in [3.05, 3.63) is 0 Å². The zero-order valence-corrected chi connectivity index (χ0v) is 10.4. The van der Waals surface area contributed by atoms with Crippen LogP contribution in [0.15, 0.2) is 0 Å². The second kappa shape index (κ2) is 6.86. The number of methoxy groups -OCH3 is 1. The van der Waals surface area contributed by atoms with Gasteiger partial charge in [-0.25, -0.2) is 0 Å². The van der Waals surface area contributed by atoms with E-state index in [1.54, 1.807) is 7.11 Å². The number of carbonyl (C=O) groups excluding carboxylic acids is 1. The van der Waals surface area contributed by atoms with Crippen molar-refractivity contribution in [1.82, 2.24) is 5.32 Å². The fourth-order valence-electron chi connectivity index (χ4n) is 2.13. The van der Waals surface area contributed by atoms with Crippen molar-refractivity contribution in [2.45, 2.75) is 38.7 Å². The average Bonchev–Trinajstić information content (AvgIpc) is 2.35. The highest BCUT2D eigenvalue weighted by Crippen LogP contribution is 2.28. The lowest BCUT2D eigenvalue weighted by Gasteiger charge is -2.27. The second-order valence-electron chi connectivity index (χ2n) is 4.74. The van der Waals surface area contributed by atoms with E-state index in [-0.39, 0.29) is 17.9 Å². The molecule has 1 aliphatic carbocycles. The highest BCUT2D eigenvalue weighted by molar-refractivity contribution is 5.78. The smallest absolute Gasteiger partial charge is 0.223 e. The molecule has 0 saturated heterocycles. The number of nitrogens with one attached hydrogen (secondary N) is 1. The predicted molar refractivity (Wildman–Crippen MR) is 64.0 cm³/mol. The van der Waals surface area contributed by atoms with Gasteiger partial charge in [0.05, 0.1) is 6.10 Å². The van der Waals surface area contributed by atoms with Crippen molar-refractivity contribution in [3.63, 3.8) is 0 Å². The first-order chi connectivity index (χ1) is 7.67. The Kier molecular flexibility index (Phi) is 5.77. The summed E-state index contributed by atoms with van der Waals surface area (Å²) in [4.78, 5) is 11.8. The van der Waals surface area contributed by atoms with E-state index in [9.17, 15) is 4.79 Å². The fraction of sp³-hybridized carbons (Fsp3) is 0.917. The van der Waals surface area contributed by atoms with Gasteiger partial charge in [0.25, 0.3) is 0 Å². The molecular weight excluding hydrogens is 204 g/mol. The van der Waals surface area contributed by atoms with Crippen LogP contribution in [0.3, 0.4) is 0 Å². The largest absolute Gasteiger partial charge is 0.380 e. The standard InChI is InChI=1S/C12H24N2O2/c1-9(16-2)8-14-12(15)11-5-3-10(7-13)4-6-11/h9-11H,3-8,13H2,1-2H3,(H,14,15). The summed E-state index contributed by atoms with van der Waals surface area (Å²) in [7, 11) is 1.66. The van der Waals surface area contributed by atoms with Crippen LogP contribution in [0.2, 0.25) is 0 Å². The van der Waals surface area contributed by atoms with Crippen LogP contribution in [0.5, 0.6) is 0 Å². The zero-order valence-electron chi connectivity index (χ0n) is 10.4. The van der Waals surface area contributed by atoms with Gasteiger partial charge in [-0.1, -0.05) is 0 Å². The summed E-state index contributed by atoms with van der Waals surface area (Å²) >= 11 is 0. The van der Waals surface area contributed by atoms with Gasteiger partial charge in [-0.2, -0.15) is 0 Å². The SMILES string of the molecule is COC(C)CNC(=O)C1CCC(CN)CC1. The molecule has 16 heavy (non-hydrogen) atoms. The summed E-state index contributed by atoms with van der Waals surface area (Å²) in [5.41, 5.74) is 5.62. The predicted octanol–water partition coefficient (Wildman–Crippen LogP) is 0.903. The number of amides is 1. The zero-order chi connectivity index (χ0) is 12.0. The number of hydrogen-bond donors (Lipinski definition) is 2. The van der Waals surface area contributed by atoms with Gasteiger partial charge in [0.1, 0.15) is 0 Å². The molecule has 0 radical (unpaired) electrons. The molecule has 4 heteroatoms. The Labute approximate surface area is 97.9 Å². The van der Waals surface area contributed by atoms with Gasteiger partial charge in [0.2, 0.25) is 5.91 Å². The van der Waals surface area contributed by atoms with Crippen LogP contribution in [0.25, 0.3) is 0 Å². The maximum Gasteiger partial charge on any atom is 0.223 e. The van der Waals surface area contributed by atoms with Crippen LogP contribution in [-0.4, -0.2) is 32.2 Å². The summed E-state index contributed by atoms with van der Waals surface area (Å²) in [6.45, 7) is 3.31. The molecule has 1 atom stereocenters. The van der Waals surface area contributed by atoms with Gasteiger partial charge in [0.15, 0.2) is 0 Å². The number of carbonyl (C=O) groups is 1. The highest BCUT2D eigenvalue weighted by atomic mass is 16.5. The van der Waals surface area contributed by atoms with Crippen LogP contribution < -0.4 is 11.1 Å². The van der Waals surface area contributed by atoms with Crippen molar-refractivity contribution >= 4 is 5.91 Å². The van der Waals surface area contributed by atoms with Crippen LogP contribution in [0, 0.1) is 11.8 Å². The first-order valence-corrected chi connectivity index (χ1v) is 6.18. The third kappa shape index (κ3) is 4.10. The van der Waals surface area contributed by atoms with E-state index in [0.717, 1.165) is 32.2 Å². The molecule has 0 aliphatic heterocycles. The number of ether oxygens (including phenoxy) is 1. The fourth-order valence-corrected chi connectivity index (χ4v) is 2.13. The molecule has 1 saturated carbocycles. The van der Waals surface area contributed by atoms with E-state index in [1.165, 1.54) is 0 Å². The van der Waals surface area contributed by atoms with Crippen LogP contribution in [-0.2, 0) is 9.53 Å². The Morgan fingerprint density at radius 2 is 2.06 bits per heavy atom. The van der Waals surface area contributed by atoms with Crippen LogP contribution in [0.4, 0.5) is 0 Å². The molecule has 0 aromatic rings. The number of rotatable bonds is 5. The summed E-state index contributed by atoms with van der Waals surface area (Å²) in [6.07, 6.45) is 4.23. The lowest BCUT2D eigenvalue weighted by atomic mass is 9.81.